The molecule has 0 bridgehead atoms. The van der Waals surface area contributed by atoms with Crippen LogP contribution in [0.4, 0.5) is 0 Å². The van der Waals surface area contributed by atoms with Crippen molar-refractivity contribution in [3.8, 4) is 22.8 Å². The lowest BCUT2D eigenvalue weighted by molar-refractivity contribution is 0.0941. The summed E-state index contributed by atoms with van der Waals surface area (Å²) in [6.07, 6.45) is 4.34. The number of carbonyl (C=O) groups excluding carboxylic acids is 1. The number of hydrogen-bond acceptors (Lipinski definition) is 5. The summed E-state index contributed by atoms with van der Waals surface area (Å²) in [7, 11) is 0. The SMILES string of the molecule is CCC(C)(C)Oc1ccc(CCCCNC(=O)c2c(-c3ccccc3Cl)noc2C)c(OC(C)(C)CC)c1. The standard InChI is InChI=1S/C31H41ClN2O4/c1-8-30(4,5)36-23-18-17-22(26(20-23)37-31(6,7)9-2)14-12-13-19-33-29(35)27-21(3)38-34-28(27)24-15-10-11-16-25(24)32/h10-11,15-18,20H,8-9,12-14,19H2,1-7H3,(H,33,35). The molecular formula is C31H41ClN2O4. The number of ether oxygens (including phenoxy) is 2. The van der Waals surface area contributed by atoms with E-state index in [2.05, 4.69) is 58.1 Å². The van der Waals surface area contributed by atoms with E-state index in [1.165, 1.54) is 0 Å². The molecule has 1 amide bonds. The van der Waals surface area contributed by atoms with Crippen molar-refractivity contribution in [2.75, 3.05) is 6.54 Å². The Morgan fingerprint density at radius 2 is 1.68 bits per heavy atom. The second kappa shape index (κ2) is 12.7. The average Bonchev–Trinajstić information content (AvgIpc) is 3.25. The van der Waals surface area contributed by atoms with Crippen LogP contribution in [0.25, 0.3) is 11.3 Å². The molecule has 1 N–H and O–H groups in total. The molecule has 0 aliphatic carbocycles. The van der Waals surface area contributed by atoms with Gasteiger partial charge >= 0.3 is 0 Å². The quantitative estimate of drug-likeness (QED) is 0.221. The Morgan fingerprint density at radius 3 is 2.37 bits per heavy atom. The number of benzene rings is 2. The fraction of sp³-hybridized carbons (Fsp3) is 0.484. The molecule has 3 rings (SSSR count). The molecule has 0 fully saturated rings. The Balaban J connectivity index is 1.62. The Bertz CT molecular complexity index is 1230. The summed E-state index contributed by atoms with van der Waals surface area (Å²) in [4.78, 5) is 13.0. The highest BCUT2D eigenvalue weighted by atomic mass is 35.5. The Labute approximate surface area is 232 Å². The van der Waals surface area contributed by atoms with Crippen molar-refractivity contribution in [3.05, 3.63) is 64.4 Å². The first kappa shape index (κ1) is 29.6. The molecule has 0 saturated heterocycles. The van der Waals surface area contributed by atoms with E-state index in [-0.39, 0.29) is 17.1 Å². The van der Waals surface area contributed by atoms with Crippen LogP contribution in [0.5, 0.6) is 11.5 Å². The van der Waals surface area contributed by atoms with Gasteiger partial charge in [0, 0.05) is 18.2 Å². The lowest BCUT2D eigenvalue weighted by Crippen LogP contribution is -2.28. The molecule has 0 atom stereocenters. The second-order valence-corrected chi connectivity index (χ2v) is 11.3. The number of amides is 1. The first-order chi connectivity index (χ1) is 18.0. The minimum Gasteiger partial charge on any atom is -0.488 e. The van der Waals surface area contributed by atoms with Crippen LogP contribution in [0.3, 0.4) is 0 Å². The second-order valence-electron chi connectivity index (χ2n) is 10.9. The van der Waals surface area contributed by atoms with E-state index in [0.29, 0.717) is 34.1 Å². The van der Waals surface area contributed by atoms with E-state index in [4.69, 9.17) is 25.6 Å². The molecule has 1 aromatic heterocycles. The molecule has 0 saturated carbocycles. The molecule has 2 aromatic carbocycles. The summed E-state index contributed by atoms with van der Waals surface area (Å²) in [5, 5.41) is 7.62. The van der Waals surface area contributed by atoms with Gasteiger partial charge in [0.15, 0.2) is 0 Å². The van der Waals surface area contributed by atoms with Crippen LogP contribution in [0.15, 0.2) is 47.0 Å². The van der Waals surface area contributed by atoms with Gasteiger partial charge in [-0.1, -0.05) is 54.9 Å². The largest absolute Gasteiger partial charge is 0.488 e. The van der Waals surface area contributed by atoms with E-state index >= 15 is 0 Å². The smallest absolute Gasteiger partial charge is 0.257 e. The van der Waals surface area contributed by atoms with E-state index < -0.39 is 0 Å². The third kappa shape index (κ3) is 7.76. The van der Waals surface area contributed by atoms with Gasteiger partial charge in [0.05, 0.1) is 5.02 Å². The summed E-state index contributed by atoms with van der Waals surface area (Å²) in [5.41, 5.74) is 2.16. The maximum absolute atomic E-state index is 13.0. The number of rotatable bonds is 13. The predicted octanol–water partition coefficient (Wildman–Crippen LogP) is 8.19. The molecule has 0 aliphatic rings. The summed E-state index contributed by atoms with van der Waals surface area (Å²) >= 11 is 6.33. The number of aromatic nitrogens is 1. The number of carbonyl (C=O) groups is 1. The topological polar surface area (TPSA) is 73.6 Å². The van der Waals surface area contributed by atoms with Gasteiger partial charge in [0.1, 0.15) is 39.7 Å². The van der Waals surface area contributed by atoms with Crippen molar-refractivity contribution in [1.82, 2.24) is 10.5 Å². The summed E-state index contributed by atoms with van der Waals surface area (Å²) in [6.45, 7) is 14.9. The lowest BCUT2D eigenvalue weighted by atomic mass is 10.0. The fourth-order valence-electron chi connectivity index (χ4n) is 3.87. The molecule has 0 spiro atoms. The summed E-state index contributed by atoms with van der Waals surface area (Å²) in [5.74, 6) is 1.92. The summed E-state index contributed by atoms with van der Waals surface area (Å²) in [6, 6.07) is 13.4. The number of unbranched alkanes of at least 4 members (excludes halogenated alkanes) is 1. The van der Waals surface area contributed by atoms with Crippen LogP contribution >= 0.6 is 11.6 Å². The highest BCUT2D eigenvalue weighted by Gasteiger charge is 2.23. The first-order valence-corrected chi connectivity index (χ1v) is 13.8. The third-order valence-electron chi connectivity index (χ3n) is 6.90. The van der Waals surface area contributed by atoms with Gasteiger partial charge in [0.2, 0.25) is 0 Å². The maximum atomic E-state index is 13.0. The normalized spacial score (nSPS) is 11.9. The number of nitrogens with one attached hydrogen (secondary N) is 1. The molecule has 6 nitrogen and oxygen atoms in total. The zero-order valence-corrected chi connectivity index (χ0v) is 24.5. The van der Waals surface area contributed by atoms with Crippen molar-refractivity contribution in [2.45, 2.75) is 91.8 Å². The fourth-order valence-corrected chi connectivity index (χ4v) is 4.09. The van der Waals surface area contributed by atoms with Crippen LogP contribution in [-0.2, 0) is 6.42 Å². The third-order valence-corrected chi connectivity index (χ3v) is 7.23. The van der Waals surface area contributed by atoms with E-state index in [1.54, 1.807) is 13.0 Å². The molecule has 0 unspecified atom stereocenters. The molecular weight excluding hydrogens is 500 g/mol. The molecule has 0 aliphatic heterocycles. The molecule has 1 heterocycles. The maximum Gasteiger partial charge on any atom is 0.257 e. The molecule has 206 valence electrons. The zero-order valence-electron chi connectivity index (χ0n) is 23.7. The molecule has 3 aromatic rings. The Morgan fingerprint density at radius 1 is 1.00 bits per heavy atom. The highest BCUT2D eigenvalue weighted by Crippen LogP contribution is 2.33. The van der Waals surface area contributed by atoms with Gasteiger partial charge in [-0.2, -0.15) is 0 Å². The Hall–Kier alpha value is -2.99. The van der Waals surface area contributed by atoms with Crippen LogP contribution in [-0.4, -0.2) is 28.8 Å². The highest BCUT2D eigenvalue weighted by molar-refractivity contribution is 6.33. The van der Waals surface area contributed by atoms with Crippen molar-refractivity contribution < 1.29 is 18.8 Å². The number of aryl methyl sites for hydroxylation is 2. The van der Waals surface area contributed by atoms with E-state index in [1.807, 2.05) is 30.3 Å². The van der Waals surface area contributed by atoms with Gasteiger partial charge in [-0.15, -0.1) is 0 Å². The van der Waals surface area contributed by atoms with Crippen molar-refractivity contribution in [2.24, 2.45) is 0 Å². The van der Waals surface area contributed by atoms with Crippen molar-refractivity contribution >= 4 is 17.5 Å². The van der Waals surface area contributed by atoms with Crippen molar-refractivity contribution in [1.29, 1.82) is 0 Å². The van der Waals surface area contributed by atoms with E-state index in [9.17, 15) is 4.79 Å². The number of nitrogens with zero attached hydrogens (tertiary/aromatic N) is 1. The van der Waals surface area contributed by atoms with Gasteiger partial charge in [-0.3, -0.25) is 4.79 Å². The number of halogens is 1. The van der Waals surface area contributed by atoms with Gasteiger partial charge in [-0.05, 0) is 84.4 Å². The predicted molar refractivity (Wildman–Crippen MR) is 153 cm³/mol. The van der Waals surface area contributed by atoms with Crippen molar-refractivity contribution in [3.63, 3.8) is 0 Å². The molecule has 0 radical (unpaired) electrons. The first-order valence-electron chi connectivity index (χ1n) is 13.5. The van der Waals surface area contributed by atoms with Crippen LogP contribution < -0.4 is 14.8 Å². The van der Waals surface area contributed by atoms with Gasteiger partial charge in [0.25, 0.3) is 5.91 Å². The summed E-state index contributed by atoms with van der Waals surface area (Å²) < 4.78 is 18.0. The van der Waals surface area contributed by atoms with Crippen LogP contribution in [0.1, 0.15) is 88.9 Å². The minimum atomic E-state index is -0.280. The Kier molecular flexibility index (Phi) is 9.88. The lowest BCUT2D eigenvalue weighted by Gasteiger charge is -2.29. The average molecular weight is 541 g/mol. The molecule has 7 heteroatoms. The van der Waals surface area contributed by atoms with Gasteiger partial charge in [-0.25, -0.2) is 0 Å². The van der Waals surface area contributed by atoms with Crippen LogP contribution in [0.2, 0.25) is 5.02 Å². The monoisotopic (exact) mass is 540 g/mol. The van der Waals surface area contributed by atoms with Crippen LogP contribution in [0, 0.1) is 6.92 Å². The zero-order chi connectivity index (χ0) is 27.9. The minimum absolute atomic E-state index is 0.215. The van der Waals surface area contributed by atoms with E-state index in [0.717, 1.165) is 49.2 Å². The van der Waals surface area contributed by atoms with Gasteiger partial charge < -0.3 is 19.3 Å². The number of hydrogen-bond donors (Lipinski definition) is 1. The molecule has 38 heavy (non-hydrogen) atoms.